The Labute approximate surface area is 111 Å². The van der Waals surface area contributed by atoms with E-state index < -0.39 is 5.54 Å². The molecule has 0 fully saturated rings. The normalized spacial score (nSPS) is 18.3. The molecule has 0 rings (SSSR count). The van der Waals surface area contributed by atoms with Gasteiger partial charge in [-0.3, -0.25) is 0 Å². The van der Waals surface area contributed by atoms with E-state index in [0.717, 1.165) is 0 Å². The number of nitriles is 2. The lowest BCUT2D eigenvalue weighted by atomic mass is 9.92. The van der Waals surface area contributed by atoms with Crippen molar-refractivity contribution in [3.05, 3.63) is 0 Å². The molecular weight excluding hydrogens is 224 g/mol. The monoisotopic (exact) mass is 248 g/mol. The van der Waals surface area contributed by atoms with E-state index in [1.165, 1.54) is 0 Å². The van der Waals surface area contributed by atoms with Gasteiger partial charge in [-0.05, 0) is 32.1 Å². The van der Waals surface area contributed by atoms with Crippen LogP contribution < -0.4 is 0 Å². The summed E-state index contributed by atoms with van der Waals surface area (Å²) in [6.07, 6.45) is 0.679. The van der Waals surface area contributed by atoms with Crippen molar-refractivity contribution >= 4 is 0 Å². The average Bonchev–Trinajstić information content (AvgIpc) is 2.27. The fourth-order valence-electron chi connectivity index (χ4n) is 1.98. The van der Waals surface area contributed by atoms with Crippen molar-refractivity contribution in [2.45, 2.75) is 59.5 Å². The van der Waals surface area contributed by atoms with Crippen LogP contribution in [0.2, 0.25) is 0 Å². The number of azo groups is 1. The van der Waals surface area contributed by atoms with Crippen LogP contribution in [0.3, 0.4) is 0 Å². The highest BCUT2D eigenvalue weighted by molar-refractivity contribution is 5.04. The third-order valence-electron chi connectivity index (χ3n) is 2.86. The summed E-state index contributed by atoms with van der Waals surface area (Å²) in [7, 11) is 0. The van der Waals surface area contributed by atoms with E-state index in [-0.39, 0.29) is 17.9 Å². The van der Waals surface area contributed by atoms with Crippen molar-refractivity contribution < 1.29 is 0 Å². The zero-order chi connectivity index (χ0) is 14.3. The largest absolute Gasteiger partial charge is 0.198 e. The van der Waals surface area contributed by atoms with Gasteiger partial charge in [0.05, 0.1) is 24.1 Å². The molecule has 0 amide bonds. The summed E-state index contributed by atoms with van der Waals surface area (Å²) in [4.78, 5) is 0. The first kappa shape index (κ1) is 16.6. The van der Waals surface area contributed by atoms with Crippen LogP contribution in [0.15, 0.2) is 10.2 Å². The molecule has 0 aromatic carbocycles. The maximum Gasteiger partial charge on any atom is 0.164 e. The zero-order valence-corrected chi connectivity index (χ0v) is 12.3. The molecule has 4 nitrogen and oxygen atoms in total. The van der Waals surface area contributed by atoms with Crippen molar-refractivity contribution in [2.24, 2.45) is 28.0 Å². The lowest BCUT2D eigenvalue weighted by molar-refractivity contribution is 0.370. The Balaban J connectivity index is 4.97. The van der Waals surface area contributed by atoms with Gasteiger partial charge in [-0.25, -0.2) is 0 Å². The quantitative estimate of drug-likeness (QED) is 0.667. The molecule has 0 aromatic heterocycles. The summed E-state index contributed by atoms with van der Waals surface area (Å²) >= 11 is 0. The number of nitrogens with zero attached hydrogens (tertiary/aromatic N) is 4. The van der Waals surface area contributed by atoms with Gasteiger partial charge in [0, 0.05) is 0 Å². The van der Waals surface area contributed by atoms with E-state index >= 15 is 0 Å². The van der Waals surface area contributed by atoms with Crippen molar-refractivity contribution in [1.29, 1.82) is 10.5 Å². The van der Waals surface area contributed by atoms with Crippen molar-refractivity contribution in [3.8, 4) is 12.1 Å². The molecular formula is C14H24N4. The van der Waals surface area contributed by atoms with Crippen LogP contribution in [-0.2, 0) is 0 Å². The topological polar surface area (TPSA) is 72.3 Å². The van der Waals surface area contributed by atoms with Gasteiger partial charge < -0.3 is 0 Å². The van der Waals surface area contributed by atoms with Gasteiger partial charge in [-0.2, -0.15) is 20.8 Å². The molecule has 0 aliphatic heterocycles. The Morgan fingerprint density at radius 3 is 2.00 bits per heavy atom. The summed E-state index contributed by atoms with van der Waals surface area (Å²) in [5.74, 6) is 0.445. The predicted octanol–water partition coefficient (Wildman–Crippen LogP) is 3.95. The Morgan fingerprint density at radius 2 is 1.67 bits per heavy atom. The lowest BCUT2D eigenvalue weighted by Gasteiger charge is -2.21. The van der Waals surface area contributed by atoms with Gasteiger partial charge in [-0.1, -0.05) is 27.7 Å². The van der Waals surface area contributed by atoms with Crippen LogP contribution in [-0.4, -0.2) is 11.6 Å². The minimum atomic E-state index is -0.781. The summed E-state index contributed by atoms with van der Waals surface area (Å²) in [6.45, 7) is 11.8. The van der Waals surface area contributed by atoms with Crippen LogP contribution >= 0.6 is 0 Å². The molecule has 18 heavy (non-hydrogen) atoms. The molecule has 0 saturated carbocycles. The van der Waals surface area contributed by atoms with Crippen LogP contribution in [0.5, 0.6) is 0 Å². The molecule has 0 bridgehead atoms. The molecule has 100 valence electrons. The Morgan fingerprint density at radius 1 is 1.11 bits per heavy atom. The van der Waals surface area contributed by atoms with Gasteiger partial charge in [-0.15, -0.1) is 0 Å². The Hall–Kier alpha value is -1.42. The van der Waals surface area contributed by atoms with E-state index in [0.29, 0.717) is 12.3 Å². The van der Waals surface area contributed by atoms with E-state index in [9.17, 15) is 5.26 Å². The molecule has 0 aliphatic rings. The van der Waals surface area contributed by atoms with Crippen LogP contribution in [0.25, 0.3) is 0 Å². The maximum absolute atomic E-state index is 9.21. The lowest BCUT2D eigenvalue weighted by Crippen LogP contribution is -2.25. The molecule has 0 spiro atoms. The second-order valence-corrected chi connectivity index (χ2v) is 5.85. The van der Waals surface area contributed by atoms with Crippen molar-refractivity contribution in [2.75, 3.05) is 0 Å². The van der Waals surface area contributed by atoms with Crippen molar-refractivity contribution in [1.82, 2.24) is 0 Å². The van der Waals surface area contributed by atoms with Gasteiger partial charge in [0.15, 0.2) is 5.54 Å². The number of rotatable bonds is 6. The summed E-state index contributed by atoms with van der Waals surface area (Å²) in [5, 5.41) is 26.7. The van der Waals surface area contributed by atoms with Crippen LogP contribution in [0, 0.1) is 40.4 Å². The highest BCUT2D eigenvalue weighted by atomic mass is 15.2. The van der Waals surface area contributed by atoms with E-state index in [2.05, 4.69) is 36.2 Å². The average molecular weight is 248 g/mol. The summed E-state index contributed by atoms with van der Waals surface area (Å²) < 4.78 is 0. The smallest absolute Gasteiger partial charge is 0.164 e. The molecule has 3 atom stereocenters. The fourth-order valence-corrected chi connectivity index (χ4v) is 1.98. The fraction of sp³-hybridized carbons (Fsp3) is 0.857. The number of hydrogen-bond donors (Lipinski definition) is 0. The van der Waals surface area contributed by atoms with Gasteiger partial charge in [0.2, 0.25) is 0 Å². The third kappa shape index (κ3) is 5.27. The maximum atomic E-state index is 9.21. The molecule has 0 radical (unpaired) electrons. The summed E-state index contributed by atoms with van der Waals surface area (Å²) in [5.41, 5.74) is -0.781. The molecule has 0 N–H and O–H groups in total. The molecule has 0 heterocycles. The molecule has 0 aromatic rings. The molecule has 0 aliphatic carbocycles. The third-order valence-corrected chi connectivity index (χ3v) is 2.86. The zero-order valence-electron chi connectivity index (χ0n) is 12.3. The molecule has 0 saturated heterocycles. The molecule has 3 unspecified atom stereocenters. The highest BCUT2D eigenvalue weighted by Gasteiger charge is 2.27. The van der Waals surface area contributed by atoms with Gasteiger partial charge >= 0.3 is 0 Å². The first-order chi connectivity index (χ1) is 8.25. The predicted molar refractivity (Wildman–Crippen MR) is 71.7 cm³/mol. The number of hydrogen-bond acceptors (Lipinski definition) is 4. The Kier molecular flexibility index (Phi) is 6.55. The Bertz CT molecular complexity index is 359. The van der Waals surface area contributed by atoms with Crippen LogP contribution in [0.1, 0.15) is 48.0 Å². The van der Waals surface area contributed by atoms with E-state index in [1.54, 1.807) is 6.92 Å². The second-order valence-electron chi connectivity index (χ2n) is 5.85. The minimum Gasteiger partial charge on any atom is -0.198 e. The standard InChI is InChI=1S/C14H24N4/c1-10(2)7-14(6,9-16)18-17-13(11(3)4)12(5)8-15/h10-13H,7H2,1-6H3/b18-17+. The summed E-state index contributed by atoms with van der Waals surface area (Å²) in [6, 6.07) is 4.28. The SMILES string of the molecule is CC(C)CC(C)(C#N)/N=N/C(C(C)C)C(C)C#N. The first-order valence-electron chi connectivity index (χ1n) is 6.48. The molecule has 4 heteroatoms. The first-order valence-corrected chi connectivity index (χ1v) is 6.48. The van der Waals surface area contributed by atoms with Crippen molar-refractivity contribution in [3.63, 3.8) is 0 Å². The van der Waals surface area contributed by atoms with E-state index in [1.807, 2.05) is 20.8 Å². The van der Waals surface area contributed by atoms with Gasteiger partial charge in [0.25, 0.3) is 0 Å². The highest BCUT2D eigenvalue weighted by Crippen LogP contribution is 2.23. The van der Waals surface area contributed by atoms with E-state index in [4.69, 9.17) is 5.26 Å². The van der Waals surface area contributed by atoms with Gasteiger partial charge in [0.1, 0.15) is 0 Å². The van der Waals surface area contributed by atoms with Crippen LogP contribution in [0.4, 0.5) is 0 Å². The second kappa shape index (κ2) is 7.11. The minimum absolute atomic E-state index is 0.144.